The number of esters is 1. The Kier molecular flexibility index (Phi) is 10.5. The molecule has 2 aromatic heterocycles. The van der Waals surface area contributed by atoms with Gasteiger partial charge in [0.2, 0.25) is 11.8 Å². The third kappa shape index (κ3) is 8.32. The largest absolute Gasteiger partial charge is 0.456 e. The second-order valence-electron chi connectivity index (χ2n) is 9.55. The number of hydrogen-bond donors (Lipinski definition) is 2. The van der Waals surface area contributed by atoms with E-state index in [4.69, 9.17) is 4.74 Å². The predicted molar refractivity (Wildman–Crippen MR) is 159 cm³/mol. The molecule has 3 atom stereocenters. The zero-order valence-corrected chi connectivity index (χ0v) is 25.2. The molecule has 208 valence electrons. The number of nitrogens with one attached hydrogen (secondary N) is 2. The van der Waals surface area contributed by atoms with E-state index in [1.807, 2.05) is 43.5 Å². The third-order valence-corrected chi connectivity index (χ3v) is 10.3. The smallest absolute Gasteiger partial charge is 0.329 e. The summed E-state index contributed by atoms with van der Waals surface area (Å²) in [6, 6.07) is 4.91. The summed E-state index contributed by atoms with van der Waals surface area (Å²) in [6.45, 7) is 5.71. The first-order chi connectivity index (χ1) is 18.7. The zero-order chi connectivity index (χ0) is 27.8. The van der Waals surface area contributed by atoms with Gasteiger partial charge in [0.25, 0.3) is 0 Å². The van der Waals surface area contributed by atoms with Crippen LogP contribution in [0.25, 0.3) is 0 Å². The van der Waals surface area contributed by atoms with Crippen molar-refractivity contribution in [3.63, 3.8) is 0 Å². The SMILES string of the molecule is CC(C)[C@@H]1NC(=O)[C@]2(C)CSC(=N2)c2csc(n2)CNC(=O)CC(/C=C/CCSSc2ccccn2)OC1=O. The molecule has 13 heteroatoms. The Labute approximate surface area is 244 Å². The highest BCUT2D eigenvalue weighted by Gasteiger charge is 2.41. The predicted octanol–water partition coefficient (Wildman–Crippen LogP) is 4.25. The van der Waals surface area contributed by atoms with Crippen molar-refractivity contribution in [1.82, 2.24) is 20.6 Å². The molecule has 4 heterocycles. The molecule has 0 aromatic carbocycles. The van der Waals surface area contributed by atoms with Gasteiger partial charge in [0.15, 0.2) is 0 Å². The van der Waals surface area contributed by atoms with Crippen molar-refractivity contribution in [3.8, 4) is 0 Å². The van der Waals surface area contributed by atoms with Crippen LogP contribution in [0, 0.1) is 5.92 Å². The van der Waals surface area contributed by atoms with Gasteiger partial charge in [-0.15, -0.1) is 23.1 Å². The van der Waals surface area contributed by atoms with Crippen LogP contribution in [0.1, 0.15) is 44.3 Å². The highest BCUT2D eigenvalue weighted by molar-refractivity contribution is 8.76. The van der Waals surface area contributed by atoms with Crippen LogP contribution in [-0.4, -0.2) is 62.0 Å². The van der Waals surface area contributed by atoms with Crippen molar-refractivity contribution >= 4 is 67.5 Å². The number of fused-ring (bicyclic) bond motifs is 4. The molecule has 1 unspecified atom stereocenters. The van der Waals surface area contributed by atoms with Gasteiger partial charge in [-0.05, 0) is 48.3 Å². The number of aliphatic imine (C=N–C) groups is 1. The molecule has 0 radical (unpaired) electrons. The maximum Gasteiger partial charge on any atom is 0.329 e. The summed E-state index contributed by atoms with van der Waals surface area (Å²) in [5.74, 6) is -0.127. The summed E-state index contributed by atoms with van der Waals surface area (Å²) in [5, 5.41) is 9.98. The van der Waals surface area contributed by atoms with E-state index in [2.05, 4.69) is 25.6 Å². The number of rotatable bonds is 7. The lowest BCUT2D eigenvalue weighted by Gasteiger charge is -2.27. The van der Waals surface area contributed by atoms with E-state index in [0.29, 0.717) is 16.5 Å². The number of ether oxygens (including phenoxy) is 1. The van der Waals surface area contributed by atoms with Gasteiger partial charge in [-0.2, -0.15) is 0 Å². The molecule has 0 saturated heterocycles. The monoisotopic (exact) mass is 605 g/mol. The third-order valence-electron chi connectivity index (χ3n) is 5.90. The van der Waals surface area contributed by atoms with Crippen molar-refractivity contribution in [1.29, 1.82) is 0 Å². The molecular weight excluding hydrogens is 575 g/mol. The van der Waals surface area contributed by atoms with E-state index in [1.54, 1.807) is 40.8 Å². The van der Waals surface area contributed by atoms with Gasteiger partial charge in [0.1, 0.15) is 38.5 Å². The van der Waals surface area contributed by atoms with Crippen LogP contribution in [0.15, 0.2) is 51.9 Å². The van der Waals surface area contributed by atoms with Crippen LogP contribution in [0.4, 0.5) is 0 Å². The number of aromatic nitrogens is 2. The van der Waals surface area contributed by atoms with Crippen molar-refractivity contribution in [2.75, 3.05) is 11.5 Å². The number of thioether (sulfide) groups is 1. The van der Waals surface area contributed by atoms with Crippen LogP contribution in [0.2, 0.25) is 0 Å². The van der Waals surface area contributed by atoms with Crippen LogP contribution in [0.3, 0.4) is 0 Å². The van der Waals surface area contributed by atoms with Crippen molar-refractivity contribution in [3.05, 3.63) is 52.6 Å². The fraction of sp³-hybridized carbons (Fsp3) is 0.462. The van der Waals surface area contributed by atoms with Crippen molar-refractivity contribution in [2.24, 2.45) is 10.9 Å². The quantitative estimate of drug-likeness (QED) is 0.206. The van der Waals surface area contributed by atoms with Gasteiger partial charge in [0.05, 0.1) is 13.0 Å². The average molecular weight is 606 g/mol. The molecule has 2 aliphatic heterocycles. The fourth-order valence-corrected chi connectivity index (χ4v) is 7.49. The lowest BCUT2D eigenvalue weighted by Crippen LogP contribution is -2.53. The molecule has 39 heavy (non-hydrogen) atoms. The Morgan fingerprint density at radius 2 is 2.13 bits per heavy atom. The Balaban J connectivity index is 1.46. The highest BCUT2D eigenvalue weighted by atomic mass is 33.1. The van der Waals surface area contributed by atoms with Gasteiger partial charge in [-0.1, -0.05) is 36.8 Å². The molecule has 4 bridgehead atoms. The van der Waals surface area contributed by atoms with E-state index in [-0.39, 0.29) is 30.7 Å². The number of hydrogen-bond acceptors (Lipinski definition) is 11. The molecular formula is C26H31N5O4S4. The van der Waals surface area contributed by atoms with Crippen LogP contribution in [0.5, 0.6) is 0 Å². The Hall–Kier alpha value is -2.35. The number of allylic oxidation sites excluding steroid dienone is 1. The van der Waals surface area contributed by atoms with Crippen LogP contribution in [-0.2, 0) is 25.7 Å². The summed E-state index contributed by atoms with van der Waals surface area (Å²) in [7, 11) is 3.27. The number of carbonyl (C=O) groups excluding carboxylic acids is 3. The molecule has 2 aliphatic rings. The van der Waals surface area contributed by atoms with E-state index in [1.165, 1.54) is 23.1 Å². The van der Waals surface area contributed by atoms with Gasteiger partial charge in [-0.25, -0.2) is 14.8 Å². The molecule has 0 spiro atoms. The van der Waals surface area contributed by atoms with Gasteiger partial charge in [0, 0.05) is 23.1 Å². The molecule has 0 aliphatic carbocycles. The van der Waals surface area contributed by atoms with E-state index in [0.717, 1.165) is 22.2 Å². The summed E-state index contributed by atoms with van der Waals surface area (Å²) in [5.41, 5.74) is -0.329. The molecule has 2 N–H and O–H groups in total. The molecule has 2 amide bonds. The fourth-order valence-electron chi connectivity index (χ4n) is 3.69. The van der Waals surface area contributed by atoms with Crippen molar-refractivity contribution < 1.29 is 19.1 Å². The number of carbonyl (C=O) groups is 3. The number of cyclic esters (lactones) is 1. The minimum atomic E-state index is -1.02. The Bertz CT molecular complexity index is 1240. The maximum absolute atomic E-state index is 13.3. The van der Waals surface area contributed by atoms with E-state index < -0.39 is 23.7 Å². The molecule has 0 saturated carbocycles. The number of amides is 2. The standard InChI is InChI=1S/C26H31N5O4S4/c1-16(2)22-24(33)35-17(8-5-7-11-38-39-20-9-4-6-10-27-20)12-19(32)28-13-21-29-18(14-36-21)23-31-26(3,15-37-23)25(34)30-22/h4-6,8-10,14,16-17,22H,7,11-13,15H2,1-3H3,(H,28,32)(H,30,34)/b8-5+/t17?,22-,26-/m0/s1. The lowest BCUT2D eigenvalue weighted by atomic mass is 10.0. The second-order valence-corrected chi connectivity index (χ2v) is 13.9. The number of nitrogens with zero attached hydrogens (tertiary/aromatic N) is 3. The lowest BCUT2D eigenvalue weighted by molar-refractivity contribution is -0.153. The Morgan fingerprint density at radius 1 is 1.28 bits per heavy atom. The molecule has 9 nitrogen and oxygen atoms in total. The number of pyridine rings is 1. The minimum Gasteiger partial charge on any atom is -0.456 e. The van der Waals surface area contributed by atoms with Crippen LogP contribution >= 0.6 is 44.7 Å². The first-order valence-electron chi connectivity index (χ1n) is 12.6. The van der Waals surface area contributed by atoms with Gasteiger partial charge < -0.3 is 15.4 Å². The zero-order valence-electron chi connectivity index (χ0n) is 21.9. The summed E-state index contributed by atoms with van der Waals surface area (Å²) in [6.07, 6.45) is 5.35. The topological polar surface area (TPSA) is 123 Å². The Morgan fingerprint density at radius 3 is 2.90 bits per heavy atom. The first kappa shape index (κ1) is 29.6. The average Bonchev–Trinajstić information content (AvgIpc) is 3.55. The molecule has 4 rings (SSSR count). The number of thiazole rings is 1. The summed E-state index contributed by atoms with van der Waals surface area (Å²) >= 11 is 2.88. The van der Waals surface area contributed by atoms with E-state index >= 15 is 0 Å². The highest BCUT2D eigenvalue weighted by Crippen LogP contribution is 2.32. The maximum atomic E-state index is 13.3. The molecule has 2 aromatic rings. The van der Waals surface area contributed by atoms with Crippen molar-refractivity contribution in [2.45, 2.75) is 62.9 Å². The molecule has 0 fully saturated rings. The van der Waals surface area contributed by atoms with Crippen LogP contribution < -0.4 is 10.6 Å². The van der Waals surface area contributed by atoms with Gasteiger partial charge in [-0.3, -0.25) is 14.6 Å². The van der Waals surface area contributed by atoms with E-state index in [9.17, 15) is 14.4 Å². The minimum absolute atomic E-state index is 0.0324. The van der Waals surface area contributed by atoms with Gasteiger partial charge >= 0.3 is 5.97 Å². The second kappa shape index (κ2) is 13.8. The summed E-state index contributed by atoms with van der Waals surface area (Å²) in [4.78, 5) is 52.8. The normalized spacial score (nSPS) is 24.4. The summed E-state index contributed by atoms with van der Waals surface area (Å²) < 4.78 is 5.78. The first-order valence-corrected chi connectivity index (χ1v) is 16.7.